The van der Waals surface area contributed by atoms with Crippen molar-refractivity contribution in [3.63, 3.8) is 0 Å². The molecule has 3 aromatic carbocycles. The van der Waals surface area contributed by atoms with Gasteiger partial charge in [0.1, 0.15) is 18.0 Å². The third-order valence-electron chi connectivity index (χ3n) is 7.57. The van der Waals surface area contributed by atoms with E-state index in [4.69, 9.17) is 5.73 Å². The van der Waals surface area contributed by atoms with Crippen molar-refractivity contribution in [2.24, 2.45) is 4.99 Å². The molecule has 45 heavy (non-hydrogen) atoms. The van der Waals surface area contributed by atoms with Gasteiger partial charge in [0.15, 0.2) is 5.13 Å². The number of nitrogens with one attached hydrogen (secondary N) is 3. The summed E-state index contributed by atoms with van der Waals surface area (Å²) in [5.41, 5.74) is 12.5. The van der Waals surface area contributed by atoms with E-state index in [-0.39, 0.29) is 24.0 Å². The van der Waals surface area contributed by atoms with Gasteiger partial charge in [-0.2, -0.15) is 0 Å². The summed E-state index contributed by atoms with van der Waals surface area (Å²) in [5, 5.41) is 10.7. The average Bonchev–Trinajstić information content (AvgIpc) is 3.43. The first kappa shape index (κ1) is 29.5. The topological polar surface area (TPSA) is 152 Å². The van der Waals surface area contributed by atoms with E-state index >= 15 is 0 Å². The average molecular weight is 618 g/mol. The molecule has 6 aromatic rings. The Hall–Kier alpha value is -5.62. The van der Waals surface area contributed by atoms with Crippen LogP contribution in [0.4, 0.5) is 21.6 Å². The first-order valence-corrected chi connectivity index (χ1v) is 15.0. The van der Waals surface area contributed by atoms with E-state index in [1.807, 2.05) is 80.6 Å². The van der Waals surface area contributed by atoms with Crippen molar-refractivity contribution < 1.29 is 4.79 Å². The molecule has 12 heteroatoms. The van der Waals surface area contributed by atoms with Crippen molar-refractivity contribution in [2.75, 3.05) is 30.5 Å². The second kappa shape index (κ2) is 12.2. The number of aryl methyl sites for hydroxylation is 2. The predicted octanol–water partition coefficient (Wildman–Crippen LogP) is 5.42. The van der Waals surface area contributed by atoms with Crippen LogP contribution in [0.5, 0.6) is 0 Å². The van der Waals surface area contributed by atoms with Crippen LogP contribution in [0.1, 0.15) is 27.9 Å². The standard InChI is InChI=1S/C33H31N9O2S/c1-18-8-5-6-11-24(18)42-22(14-20-10-7-9-19(2)26(20)31(42)43)16-37-30-27(29(34)38-17-39-30)28(35-3)21-12-13-23-25(15-21)45-33(40-23)41-32(44)36-4/h5-15,17H,16H2,1-4H3,(H3,34,37,38,39)(H2,36,40,41,44)/b35-28-. The van der Waals surface area contributed by atoms with E-state index in [1.54, 1.807) is 18.7 Å². The number of urea groups is 1. The van der Waals surface area contributed by atoms with Gasteiger partial charge in [-0.15, -0.1) is 0 Å². The number of carbonyl (C=O) groups is 1. The van der Waals surface area contributed by atoms with Crippen molar-refractivity contribution in [1.82, 2.24) is 24.8 Å². The van der Waals surface area contributed by atoms with Crippen molar-refractivity contribution in [2.45, 2.75) is 20.4 Å². The molecule has 2 amide bonds. The molecule has 3 aromatic heterocycles. The Morgan fingerprint density at radius 1 is 1.02 bits per heavy atom. The minimum absolute atomic E-state index is 0.0851. The van der Waals surface area contributed by atoms with Crippen LogP contribution in [0.25, 0.3) is 26.7 Å². The second-order valence-electron chi connectivity index (χ2n) is 10.4. The van der Waals surface area contributed by atoms with E-state index in [1.165, 1.54) is 17.7 Å². The molecule has 0 atom stereocenters. The maximum atomic E-state index is 14.0. The number of aromatic nitrogens is 4. The van der Waals surface area contributed by atoms with E-state index in [0.29, 0.717) is 27.6 Å². The van der Waals surface area contributed by atoms with Gasteiger partial charge in [0.05, 0.1) is 39.1 Å². The zero-order valence-electron chi connectivity index (χ0n) is 25.2. The Bertz CT molecular complexity index is 2190. The number of thiazole rings is 1. The minimum Gasteiger partial charge on any atom is -0.383 e. The number of hydrogen-bond acceptors (Lipinski definition) is 9. The Morgan fingerprint density at radius 2 is 1.82 bits per heavy atom. The highest BCUT2D eigenvalue weighted by Gasteiger charge is 2.20. The molecule has 226 valence electrons. The van der Waals surface area contributed by atoms with Gasteiger partial charge in [0, 0.05) is 25.4 Å². The Labute approximate surface area is 262 Å². The van der Waals surface area contributed by atoms with Crippen molar-refractivity contribution in [3.05, 3.63) is 111 Å². The fourth-order valence-corrected chi connectivity index (χ4v) is 6.31. The molecule has 0 aliphatic carbocycles. The van der Waals surface area contributed by atoms with Crippen LogP contribution in [0.3, 0.4) is 0 Å². The SMILES string of the molecule is C/N=C(/c1ccc2nc(NC(=O)NC)sc2c1)c1c(N)ncnc1NCc1cc2cccc(C)c2c(=O)n1-c1ccccc1C. The Morgan fingerprint density at radius 3 is 2.60 bits per heavy atom. The Balaban J connectivity index is 1.41. The van der Waals surface area contributed by atoms with Gasteiger partial charge < -0.3 is 16.4 Å². The molecule has 0 aliphatic rings. The highest BCUT2D eigenvalue weighted by Crippen LogP contribution is 2.30. The number of pyridine rings is 1. The van der Waals surface area contributed by atoms with E-state index < -0.39 is 0 Å². The number of benzene rings is 3. The van der Waals surface area contributed by atoms with Crippen LogP contribution in [0.2, 0.25) is 0 Å². The molecule has 0 fully saturated rings. The predicted molar refractivity (Wildman–Crippen MR) is 182 cm³/mol. The minimum atomic E-state index is -0.343. The molecule has 0 saturated heterocycles. The molecular formula is C33H31N9O2S. The summed E-state index contributed by atoms with van der Waals surface area (Å²) in [5.74, 6) is 0.729. The third-order valence-corrected chi connectivity index (χ3v) is 8.50. The lowest BCUT2D eigenvalue weighted by atomic mass is 10.0. The lowest BCUT2D eigenvalue weighted by Crippen LogP contribution is -2.25. The number of hydrogen-bond donors (Lipinski definition) is 4. The van der Waals surface area contributed by atoms with Crippen LogP contribution < -0.4 is 27.2 Å². The molecule has 11 nitrogen and oxygen atoms in total. The molecule has 0 saturated carbocycles. The molecule has 0 bridgehead atoms. The van der Waals surface area contributed by atoms with E-state index in [0.717, 1.165) is 43.7 Å². The quantitative estimate of drug-likeness (QED) is 0.175. The van der Waals surface area contributed by atoms with Gasteiger partial charge in [-0.3, -0.25) is 19.7 Å². The third kappa shape index (κ3) is 5.58. The summed E-state index contributed by atoms with van der Waals surface area (Å²) in [6.45, 7) is 4.22. The fourth-order valence-electron chi connectivity index (χ4n) is 5.41. The van der Waals surface area contributed by atoms with Gasteiger partial charge in [-0.05, 0) is 54.6 Å². The fraction of sp³-hybridized carbons (Fsp3) is 0.152. The number of nitrogens with zero attached hydrogens (tertiary/aromatic N) is 5. The van der Waals surface area contributed by atoms with Crippen LogP contribution in [0.15, 0.2) is 82.8 Å². The number of para-hydroxylation sites is 1. The van der Waals surface area contributed by atoms with Crippen molar-refractivity contribution in [1.29, 1.82) is 0 Å². The normalized spacial score (nSPS) is 11.6. The molecule has 0 aliphatic heterocycles. The van der Waals surface area contributed by atoms with Gasteiger partial charge >= 0.3 is 6.03 Å². The molecular weight excluding hydrogens is 586 g/mol. The van der Waals surface area contributed by atoms with E-state index in [9.17, 15) is 9.59 Å². The number of nitrogens with two attached hydrogens (primary N) is 1. The molecule has 0 unspecified atom stereocenters. The number of amides is 2. The van der Waals surface area contributed by atoms with Crippen molar-refractivity contribution >= 4 is 60.8 Å². The van der Waals surface area contributed by atoms with Crippen molar-refractivity contribution in [3.8, 4) is 5.69 Å². The molecule has 6 rings (SSSR count). The summed E-state index contributed by atoms with van der Waals surface area (Å²) in [7, 11) is 3.23. The number of carbonyl (C=O) groups excluding carboxylic acids is 1. The largest absolute Gasteiger partial charge is 0.383 e. The Kier molecular flexibility index (Phi) is 7.97. The molecule has 0 radical (unpaired) electrons. The maximum absolute atomic E-state index is 14.0. The highest BCUT2D eigenvalue weighted by molar-refractivity contribution is 7.22. The first-order valence-electron chi connectivity index (χ1n) is 14.2. The number of nitrogen functional groups attached to an aromatic ring is 1. The number of anilines is 3. The van der Waals surface area contributed by atoms with Gasteiger partial charge in [0.2, 0.25) is 0 Å². The second-order valence-corrected chi connectivity index (χ2v) is 11.4. The first-order chi connectivity index (χ1) is 21.8. The zero-order valence-corrected chi connectivity index (χ0v) is 26.0. The van der Waals surface area contributed by atoms with Gasteiger partial charge in [-0.1, -0.05) is 53.8 Å². The van der Waals surface area contributed by atoms with Gasteiger partial charge in [0.25, 0.3) is 5.56 Å². The lowest BCUT2D eigenvalue weighted by Gasteiger charge is -2.19. The van der Waals surface area contributed by atoms with Crippen LogP contribution in [0, 0.1) is 13.8 Å². The van der Waals surface area contributed by atoms with Crippen LogP contribution in [-0.2, 0) is 6.54 Å². The molecule has 0 spiro atoms. The molecule has 3 heterocycles. The summed E-state index contributed by atoms with van der Waals surface area (Å²) >= 11 is 1.35. The maximum Gasteiger partial charge on any atom is 0.320 e. The van der Waals surface area contributed by atoms with Crippen LogP contribution >= 0.6 is 11.3 Å². The smallest absolute Gasteiger partial charge is 0.320 e. The summed E-state index contributed by atoms with van der Waals surface area (Å²) in [4.78, 5) is 43.7. The number of rotatable bonds is 7. The number of fused-ring (bicyclic) bond motifs is 2. The van der Waals surface area contributed by atoms with E-state index in [2.05, 4.69) is 35.9 Å². The summed E-state index contributed by atoms with van der Waals surface area (Å²) < 4.78 is 2.62. The summed E-state index contributed by atoms with van der Waals surface area (Å²) in [6, 6.07) is 21.1. The highest BCUT2D eigenvalue weighted by atomic mass is 32.1. The number of aliphatic imine (C=N–C) groups is 1. The van der Waals surface area contributed by atoms with Gasteiger partial charge in [-0.25, -0.2) is 19.7 Å². The van der Waals surface area contributed by atoms with Crippen LogP contribution in [-0.4, -0.2) is 45.4 Å². The summed E-state index contributed by atoms with van der Waals surface area (Å²) in [6.07, 6.45) is 1.40. The monoisotopic (exact) mass is 617 g/mol. The molecule has 5 N–H and O–H groups in total. The zero-order chi connectivity index (χ0) is 31.7. The lowest BCUT2D eigenvalue weighted by molar-refractivity contribution is 0.254.